The van der Waals surface area contributed by atoms with Crippen molar-refractivity contribution in [3.8, 4) is 0 Å². The van der Waals surface area contributed by atoms with Gasteiger partial charge in [-0.1, -0.05) is 106 Å². The summed E-state index contributed by atoms with van der Waals surface area (Å²) in [5.41, 5.74) is 1.12. The highest BCUT2D eigenvalue weighted by atomic mass is 16.5. The van der Waals surface area contributed by atoms with Crippen molar-refractivity contribution >= 4 is 11.9 Å². The van der Waals surface area contributed by atoms with Crippen LogP contribution in [-0.4, -0.2) is 25.2 Å². The van der Waals surface area contributed by atoms with Gasteiger partial charge in [0.25, 0.3) is 0 Å². The van der Waals surface area contributed by atoms with Crippen LogP contribution >= 0.6 is 0 Å². The van der Waals surface area contributed by atoms with E-state index in [4.69, 9.17) is 9.47 Å². The lowest BCUT2D eigenvalue weighted by Crippen LogP contribution is -2.20. The minimum Gasteiger partial charge on any atom is -0.462 e. The predicted octanol–water partition coefficient (Wildman–Crippen LogP) is 8.18. The van der Waals surface area contributed by atoms with Gasteiger partial charge in [0.05, 0.1) is 13.2 Å². The molecule has 0 rings (SSSR count). The third-order valence-corrected chi connectivity index (χ3v) is 5.51. The second-order valence-electron chi connectivity index (χ2n) is 9.98. The van der Waals surface area contributed by atoms with Gasteiger partial charge in [-0.05, 0) is 37.5 Å². The average molecular weight is 453 g/mol. The van der Waals surface area contributed by atoms with Crippen LogP contribution < -0.4 is 0 Å². The zero-order valence-electron chi connectivity index (χ0n) is 22.1. The monoisotopic (exact) mass is 452 g/mol. The Kier molecular flexibility index (Phi) is 19.5. The standard InChI is InChI=1S/C28H52O4/c1-7-9-11-13-15-17-19-25(27(29)31-21-23(3)4)26(28(30)32-22-24(5)6)20-18-16-14-12-10-8-2/h23-24H,7-22H2,1-6H3. The van der Waals surface area contributed by atoms with Gasteiger partial charge in [0, 0.05) is 11.1 Å². The number of carbonyl (C=O) groups is 2. The van der Waals surface area contributed by atoms with Gasteiger partial charge in [-0.2, -0.15) is 0 Å². The lowest BCUT2D eigenvalue weighted by molar-refractivity contribution is -0.143. The van der Waals surface area contributed by atoms with Crippen LogP contribution in [0.5, 0.6) is 0 Å². The highest BCUT2D eigenvalue weighted by Gasteiger charge is 2.23. The molecular weight excluding hydrogens is 400 g/mol. The number of unbranched alkanes of at least 4 members (excludes halogenated alkanes) is 10. The first kappa shape index (κ1) is 30.7. The molecule has 188 valence electrons. The number of ether oxygens (including phenoxy) is 2. The van der Waals surface area contributed by atoms with Gasteiger partial charge in [0.2, 0.25) is 0 Å². The van der Waals surface area contributed by atoms with E-state index in [2.05, 4.69) is 13.8 Å². The molecule has 0 aromatic rings. The van der Waals surface area contributed by atoms with Crippen LogP contribution in [0.3, 0.4) is 0 Å². The highest BCUT2D eigenvalue weighted by Crippen LogP contribution is 2.23. The lowest BCUT2D eigenvalue weighted by atomic mass is 9.96. The number of hydrogen-bond donors (Lipinski definition) is 0. The summed E-state index contributed by atoms with van der Waals surface area (Å²) in [4.78, 5) is 26.0. The molecule has 32 heavy (non-hydrogen) atoms. The Morgan fingerprint density at radius 3 is 1.16 bits per heavy atom. The van der Waals surface area contributed by atoms with Gasteiger partial charge in [0.1, 0.15) is 0 Å². The molecule has 0 aliphatic rings. The summed E-state index contributed by atoms with van der Waals surface area (Å²) in [7, 11) is 0. The molecule has 0 aliphatic carbocycles. The molecule has 0 N–H and O–H groups in total. The van der Waals surface area contributed by atoms with Crippen LogP contribution in [0.15, 0.2) is 11.1 Å². The van der Waals surface area contributed by atoms with Crippen LogP contribution in [0.2, 0.25) is 0 Å². The first-order chi connectivity index (χ1) is 15.3. The summed E-state index contributed by atoms with van der Waals surface area (Å²) in [5, 5.41) is 0. The quantitative estimate of drug-likeness (QED) is 0.106. The summed E-state index contributed by atoms with van der Waals surface area (Å²) < 4.78 is 11.1. The summed E-state index contributed by atoms with van der Waals surface area (Å²) in [5.74, 6) is -0.113. The minimum absolute atomic E-state index is 0.268. The third kappa shape index (κ3) is 16.3. The third-order valence-electron chi connectivity index (χ3n) is 5.51. The van der Waals surface area contributed by atoms with Gasteiger partial charge >= 0.3 is 11.9 Å². The summed E-state index contributed by atoms with van der Waals surface area (Å²) in [6.07, 6.45) is 14.9. The van der Waals surface area contributed by atoms with E-state index in [1.807, 2.05) is 27.7 Å². The highest BCUT2D eigenvalue weighted by molar-refractivity contribution is 6.00. The molecule has 0 aromatic carbocycles. The summed E-state index contributed by atoms with van der Waals surface area (Å²) in [6, 6.07) is 0. The molecule has 0 aromatic heterocycles. The van der Waals surface area contributed by atoms with Crippen molar-refractivity contribution in [1.29, 1.82) is 0 Å². The molecule has 0 atom stereocenters. The van der Waals surface area contributed by atoms with E-state index in [9.17, 15) is 9.59 Å². The van der Waals surface area contributed by atoms with E-state index in [0.29, 0.717) is 37.2 Å². The van der Waals surface area contributed by atoms with E-state index < -0.39 is 0 Å². The maximum absolute atomic E-state index is 13.0. The van der Waals surface area contributed by atoms with Crippen molar-refractivity contribution in [2.45, 2.75) is 131 Å². The first-order valence-electron chi connectivity index (χ1n) is 13.4. The SMILES string of the molecule is CCCCCCCCC(C(=O)OCC(C)C)=C(CCCCCCCC)C(=O)OCC(C)C. The van der Waals surface area contributed by atoms with E-state index in [0.717, 1.165) is 25.7 Å². The molecule has 0 unspecified atom stereocenters. The fourth-order valence-corrected chi connectivity index (χ4v) is 3.58. The number of hydrogen-bond acceptors (Lipinski definition) is 4. The molecule has 0 spiro atoms. The van der Waals surface area contributed by atoms with Crippen molar-refractivity contribution in [3.05, 3.63) is 11.1 Å². The fourth-order valence-electron chi connectivity index (χ4n) is 3.58. The molecular formula is C28H52O4. The molecule has 0 bridgehead atoms. The van der Waals surface area contributed by atoms with E-state index in [-0.39, 0.29) is 23.8 Å². The van der Waals surface area contributed by atoms with E-state index >= 15 is 0 Å². The largest absolute Gasteiger partial charge is 0.462 e. The van der Waals surface area contributed by atoms with Crippen LogP contribution in [0, 0.1) is 11.8 Å². The molecule has 0 amide bonds. The van der Waals surface area contributed by atoms with Gasteiger partial charge in [0.15, 0.2) is 0 Å². The van der Waals surface area contributed by atoms with Gasteiger partial charge in [-0.25, -0.2) is 9.59 Å². The van der Waals surface area contributed by atoms with Crippen LogP contribution in [0.4, 0.5) is 0 Å². The number of rotatable bonds is 20. The Morgan fingerprint density at radius 1 is 0.531 bits per heavy atom. The Bertz CT molecular complexity index is 474. The topological polar surface area (TPSA) is 52.6 Å². The molecule has 4 nitrogen and oxygen atoms in total. The van der Waals surface area contributed by atoms with E-state index in [1.54, 1.807) is 0 Å². The van der Waals surface area contributed by atoms with Crippen molar-refractivity contribution in [3.63, 3.8) is 0 Å². The molecule has 0 aliphatic heterocycles. The Labute approximate surface area is 198 Å². The van der Waals surface area contributed by atoms with Crippen molar-refractivity contribution in [2.75, 3.05) is 13.2 Å². The maximum atomic E-state index is 13.0. The second kappa shape index (κ2) is 20.3. The molecule has 4 heteroatoms. The first-order valence-corrected chi connectivity index (χ1v) is 13.4. The fraction of sp³-hybridized carbons (Fsp3) is 0.857. The number of esters is 2. The summed E-state index contributed by atoms with van der Waals surface area (Å²) in [6.45, 7) is 13.3. The predicted molar refractivity (Wildman–Crippen MR) is 135 cm³/mol. The Morgan fingerprint density at radius 2 is 0.844 bits per heavy atom. The van der Waals surface area contributed by atoms with Gasteiger partial charge in [-0.15, -0.1) is 0 Å². The summed E-state index contributed by atoms with van der Waals surface area (Å²) >= 11 is 0. The van der Waals surface area contributed by atoms with Gasteiger partial charge in [-0.3, -0.25) is 0 Å². The van der Waals surface area contributed by atoms with Crippen LogP contribution in [0.25, 0.3) is 0 Å². The van der Waals surface area contributed by atoms with Crippen molar-refractivity contribution < 1.29 is 19.1 Å². The maximum Gasteiger partial charge on any atom is 0.334 e. The van der Waals surface area contributed by atoms with Crippen LogP contribution in [0.1, 0.15) is 131 Å². The van der Waals surface area contributed by atoms with Crippen molar-refractivity contribution in [1.82, 2.24) is 0 Å². The molecule has 0 saturated heterocycles. The molecule has 0 saturated carbocycles. The Hall–Kier alpha value is -1.32. The smallest absolute Gasteiger partial charge is 0.334 e. The lowest BCUT2D eigenvalue weighted by Gasteiger charge is -2.16. The zero-order chi connectivity index (χ0) is 24.2. The average Bonchev–Trinajstić information content (AvgIpc) is 2.75. The van der Waals surface area contributed by atoms with Crippen molar-refractivity contribution in [2.24, 2.45) is 11.8 Å². The Balaban J connectivity index is 5.36. The second-order valence-corrected chi connectivity index (χ2v) is 9.98. The number of carbonyl (C=O) groups excluding carboxylic acids is 2. The molecule has 0 radical (unpaired) electrons. The molecule has 0 heterocycles. The minimum atomic E-state index is -0.324. The van der Waals surface area contributed by atoms with E-state index in [1.165, 1.54) is 51.4 Å². The molecule has 0 fully saturated rings. The van der Waals surface area contributed by atoms with Crippen LogP contribution in [-0.2, 0) is 19.1 Å². The zero-order valence-corrected chi connectivity index (χ0v) is 22.1. The normalized spacial score (nSPS) is 12.2. The van der Waals surface area contributed by atoms with Gasteiger partial charge < -0.3 is 9.47 Å².